The molecule has 0 aromatic heterocycles. The first-order chi connectivity index (χ1) is 15.0. The minimum Gasteiger partial charge on any atom is -0.274 e. The third kappa shape index (κ3) is 2.09. The van der Waals surface area contributed by atoms with E-state index in [-0.39, 0.29) is 29.6 Å². The molecule has 3 aromatic rings. The van der Waals surface area contributed by atoms with E-state index >= 15 is 0 Å². The molecule has 3 heteroatoms. The Bertz CT molecular complexity index is 1230. The summed E-state index contributed by atoms with van der Waals surface area (Å²) in [4.78, 5) is 29.4. The third-order valence-corrected chi connectivity index (χ3v) is 8.10. The van der Waals surface area contributed by atoms with Gasteiger partial charge in [0.05, 0.1) is 17.5 Å². The van der Waals surface area contributed by atoms with Crippen LogP contribution < -0.4 is 4.90 Å². The summed E-state index contributed by atoms with van der Waals surface area (Å²) in [5.74, 6) is -0.877. The Balaban J connectivity index is 1.62. The number of rotatable bonds is 2. The van der Waals surface area contributed by atoms with E-state index in [1.807, 2.05) is 32.0 Å². The molecule has 3 aromatic carbocycles. The molecule has 4 aliphatic rings. The van der Waals surface area contributed by atoms with Crippen LogP contribution in [0.25, 0.3) is 0 Å². The molecule has 3 aliphatic carbocycles. The largest absolute Gasteiger partial charge is 0.274 e. The van der Waals surface area contributed by atoms with E-state index in [4.69, 9.17) is 0 Å². The highest BCUT2D eigenvalue weighted by atomic mass is 16.2. The van der Waals surface area contributed by atoms with Crippen molar-refractivity contribution in [3.8, 4) is 0 Å². The molecule has 0 spiro atoms. The highest BCUT2D eigenvalue weighted by Gasteiger charge is 2.67. The molecular formula is C28H25NO2. The van der Waals surface area contributed by atoms with E-state index in [9.17, 15) is 9.59 Å². The summed E-state index contributed by atoms with van der Waals surface area (Å²) in [6, 6.07) is 22.8. The molecule has 1 aliphatic heterocycles. The Hall–Kier alpha value is -3.20. The SMILES string of the molecule is CCC12c3ccccc3C(c3ccccc31)[C@@H]1C(=O)N(c3ccc(C)c(C)c3)C(=O)[C@@H]12. The van der Waals surface area contributed by atoms with E-state index in [1.165, 1.54) is 27.2 Å². The summed E-state index contributed by atoms with van der Waals surface area (Å²) >= 11 is 0. The van der Waals surface area contributed by atoms with Crippen LogP contribution in [0.15, 0.2) is 66.7 Å². The predicted octanol–water partition coefficient (Wildman–Crippen LogP) is 5.26. The standard InChI is InChI=1S/C28H25NO2/c1-4-28-21-11-7-5-9-19(21)23(20-10-6-8-12-22(20)28)24-25(28)27(31)29(26(24)30)18-14-13-16(2)17(3)15-18/h5-15,23-25H,4H2,1-3H3/t23?,24-,25+,28?/m0/s1. The van der Waals surface area contributed by atoms with Crippen LogP contribution >= 0.6 is 0 Å². The van der Waals surface area contributed by atoms with Crippen LogP contribution in [-0.2, 0) is 15.0 Å². The van der Waals surface area contributed by atoms with Gasteiger partial charge in [0.1, 0.15) is 0 Å². The molecule has 1 saturated heterocycles. The van der Waals surface area contributed by atoms with E-state index in [0.717, 1.165) is 17.5 Å². The zero-order valence-corrected chi connectivity index (χ0v) is 18.1. The zero-order chi connectivity index (χ0) is 21.5. The van der Waals surface area contributed by atoms with Gasteiger partial charge in [-0.1, -0.05) is 61.5 Å². The fraction of sp³-hybridized carbons (Fsp3) is 0.286. The van der Waals surface area contributed by atoms with Gasteiger partial charge in [0.15, 0.2) is 0 Å². The summed E-state index contributed by atoms with van der Waals surface area (Å²) in [5, 5.41) is 0. The second-order valence-electron chi connectivity index (χ2n) is 9.26. The highest BCUT2D eigenvalue weighted by molar-refractivity contribution is 6.23. The highest BCUT2D eigenvalue weighted by Crippen LogP contribution is 2.65. The van der Waals surface area contributed by atoms with E-state index in [0.29, 0.717) is 5.69 Å². The van der Waals surface area contributed by atoms with Gasteiger partial charge in [-0.05, 0) is 65.8 Å². The van der Waals surface area contributed by atoms with Crippen molar-refractivity contribution in [2.75, 3.05) is 4.90 Å². The smallest absolute Gasteiger partial charge is 0.238 e. The maximum Gasteiger partial charge on any atom is 0.238 e. The molecule has 2 amide bonds. The minimum atomic E-state index is -0.464. The van der Waals surface area contributed by atoms with Gasteiger partial charge >= 0.3 is 0 Å². The normalized spacial score (nSPS) is 27.8. The first kappa shape index (κ1) is 18.6. The molecule has 154 valence electrons. The van der Waals surface area contributed by atoms with Crippen LogP contribution in [-0.4, -0.2) is 11.8 Å². The molecule has 1 fully saturated rings. The fourth-order valence-corrected chi connectivity index (χ4v) is 6.65. The molecule has 31 heavy (non-hydrogen) atoms. The van der Waals surface area contributed by atoms with Crippen molar-refractivity contribution in [1.82, 2.24) is 0 Å². The predicted molar refractivity (Wildman–Crippen MR) is 121 cm³/mol. The zero-order valence-electron chi connectivity index (χ0n) is 18.1. The first-order valence-corrected chi connectivity index (χ1v) is 11.1. The van der Waals surface area contributed by atoms with Crippen LogP contribution in [0.4, 0.5) is 5.69 Å². The van der Waals surface area contributed by atoms with Crippen molar-refractivity contribution in [2.45, 2.75) is 38.5 Å². The summed E-state index contributed by atoms with van der Waals surface area (Å²) in [7, 11) is 0. The monoisotopic (exact) mass is 407 g/mol. The lowest BCUT2D eigenvalue weighted by Gasteiger charge is -2.54. The van der Waals surface area contributed by atoms with Crippen LogP contribution in [0.3, 0.4) is 0 Å². The Morgan fingerprint density at radius 2 is 1.42 bits per heavy atom. The number of aryl methyl sites for hydroxylation is 2. The Morgan fingerprint density at radius 1 is 0.806 bits per heavy atom. The summed E-state index contributed by atoms with van der Waals surface area (Å²) < 4.78 is 0. The van der Waals surface area contributed by atoms with Gasteiger partial charge in [-0.3, -0.25) is 9.59 Å². The fourth-order valence-electron chi connectivity index (χ4n) is 6.65. The summed E-state index contributed by atoms with van der Waals surface area (Å²) in [6.07, 6.45) is 0.786. The maximum absolute atomic E-state index is 14.0. The van der Waals surface area contributed by atoms with Crippen LogP contribution in [0.5, 0.6) is 0 Å². The summed E-state index contributed by atoms with van der Waals surface area (Å²) in [5.41, 5.74) is 7.37. The van der Waals surface area contributed by atoms with Crippen molar-refractivity contribution in [2.24, 2.45) is 11.8 Å². The van der Waals surface area contributed by atoms with Crippen molar-refractivity contribution < 1.29 is 9.59 Å². The Labute approximate surface area is 182 Å². The number of hydrogen-bond donors (Lipinski definition) is 0. The molecule has 3 nitrogen and oxygen atoms in total. The molecule has 2 bridgehead atoms. The van der Waals surface area contributed by atoms with Gasteiger partial charge in [-0.2, -0.15) is 0 Å². The van der Waals surface area contributed by atoms with Crippen LogP contribution in [0.2, 0.25) is 0 Å². The summed E-state index contributed by atoms with van der Waals surface area (Å²) in [6.45, 7) is 6.23. The lowest BCUT2D eigenvalue weighted by Crippen LogP contribution is -2.53. The van der Waals surface area contributed by atoms with Gasteiger partial charge < -0.3 is 0 Å². The number of imide groups is 1. The maximum atomic E-state index is 14.0. The van der Waals surface area contributed by atoms with Crippen molar-refractivity contribution >= 4 is 17.5 Å². The Morgan fingerprint density at radius 3 is 2.00 bits per heavy atom. The van der Waals surface area contributed by atoms with Crippen molar-refractivity contribution in [3.05, 3.63) is 100 Å². The lowest BCUT2D eigenvalue weighted by molar-refractivity contribution is -0.123. The number of carbonyl (C=O) groups excluding carboxylic acids is 2. The average Bonchev–Trinajstić information content (AvgIpc) is 3.07. The average molecular weight is 408 g/mol. The number of hydrogen-bond acceptors (Lipinski definition) is 2. The van der Waals surface area contributed by atoms with Crippen LogP contribution in [0, 0.1) is 25.7 Å². The number of amides is 2. The molecular weight excluding hydrogens is 382 g/mol. The molecule has 7 rings (SSSR count). The second-order valence-corrected chi connectivity index (χ2v) is 9.26. The van der Waals surface area contributed by atoms with Crippen LogP contribution in [0.1, 0.15) is 52.6 Å². The van der Waals surface area contributed by atoms with Gasteiger partial charge in [0.2, 0.25) is 11.8 Å². The molecule has 0 unspecified atom stereocenters. The quantitative estimate of drug-likeness (QED) is 0.543. The number of benzene rings is 3. The molecule has 2 atom stereocenters. The van der Waals surface area contributed by atoms with E-state index in [1.54, 1.807) is 0 Å². The number of nitrogens with zero attached hydrogens (tertiary/aromatic N) is 1. The lowest BCUT2D eigenvalue weighted by atomic mass is 9.46. The van der Waals surface area contributed by atoms with Gasteiger partial charge in [0, 0.05) is 11.3 Å². The van der Waals surface area contributed by atoms with Gasteiger partial charge in [0.25, 0.3) is 0 Å². The molecule has 0 radical (unpaired) electrons. The minimum absolute atomic E-state index is 0.0471. The van der Waals surface area contributed by atoms with Crippen molar-refractivity contribution in [3.63, 3.8) is 0 Å². The third-order valence-electron chi connectivity index (χ3n) is 8.10. The topological polar surface area (TPSA) is 37.4 Å². The van der Waals surface area contributed by atoms with Gasteiger partial charge in [-0.15, -0.1) is 0 Å². The Kier molecular flexibility index (Phi) is 3.69. The number of carbonyl (C=O) groups is 2. The van der Waals surface area contributed by atoms with Crippen molar-refractivity contribution in [1.29, 1.82) is 0 Å². The number of anilines is 1. The molecule has 1 heterocycles. The van der Waals surface area contributed by atoms with E-state index in [2.05, 4.69) is 55.5 Å². The molecule has 0 saturated carbocycles. The molecule has 0 N–H and O–H groups in total. The second kappa shape index (κ2) is 6.16. The first-order valence-electron chi connectivity index (χ1n) is 11.1. The van der Waals surface area contributed by atoms with E-state index < -0.39 is 5.41 Å². The van der Waals surface area contributed by atoms with Gasteiger partial charge in [-0.25, -0.2) is 4.90 Å².